The van der Waals surface area contributed by atoms with Crippen LogP contribution < -0.4 is 5.32 Å². The molecule has 1 fully saturated rings. The number of likely N-dealkylation sites (N-methyl/N-ethyl adjacent to an activating group) is 1. The van der Waals surface area contributed by atoms with Crippen LogP contribution in [-0.2, 0) is 4.79 Å². The Hall–Kier alpha value is -0.830. The lowest BCUT2D eigenvalue weighted by atomic mass is 10.0. The van der Waals surface area contributed by atoms with Gasteiger partial charge in [-0.1, -0.05) is 6.58 Å². The highest BCUT2D eigenvalue weighted by Gasteiger charge is 2.18. The number of carbonyl (C=O) groups excluding carboxylic acids is 1. The largest absolute Gasteiger partial charge is 0.374 e. The molecule has 0 bridgehead atoms. The highest BCUT2D eigenvalue weighted by Crippen LogP contribution is 2.17. The quantitative estimate of drug-likeness (QED) is 0.675. The van der Waals surface area contributed by atoms with Crippen LogP contribution in [0.3, 0.4) is 0 Å². The van der Waals surface area contributed by atoms with Crippen molar-refractivity contribution in [3.8, 4) is 0 Å². The number of carbonyl (C=O) groups is 1. The lowest BCUT2D eigenvalue weighted by Gasteiger charge is -2.34. The van der Waals surface area contributed by atoms with E-state index in [-0.39, 0.29) is 6.04 Å². The molecular formula is C12H22N2O. The first kappa shape index (κ1) is 12.2. The van der Waals surface area contributed by atoms with Gasteiger partial charge in [0, 0.05) is 31.2 Å². The molecule has 0 spiro atoms. The molecule has 86 valence electrons. The van der Waals surface area contributed by atoms with E-state index in [0.717, 1.165) is 31.5 Å². The molecule has 0 aliphatic carbocycles. The van der Waals surface area contributed by atoms with Gasteiger partial charge in [0.15, 0.2) is 0 Å². The fourth-order valence-electron chi connectivity index (χ4n) is 2.11. The number of likely N-dealkylation sites (tertiary alicyclic amines) is 1. The maximum atomic E-state index is 10.4. The second-order valence-corrected chi connectivity index (χ2v) is 4.12. The maximum Gasteiger partial charge on any atom is 0.120 e. The molecule has 1 aliphatic rings. The third-order valence-electron chi connectivity index (χ3n) is 3.09. The maximum absolute atomic E-state index is 10.4. The zero-order chi connectivity index (χ0) is 11.1. The summed E-state index contributed by atoms with van der Waals surface area (Å²) in [6, 6.07) is 0.258. The number of nitrogens with zero attached hydrogens (tertiary/aromatic N) is 1. The fraction of sp³-hybridized carbons (Fsp3) is 0.750. The molecule has 0 aromatic carbocycles. The van der Waals surface area contributed by atoms with Gasteiger partial charge in [0.2, 0.25) is 0 Å². The Morgan fingerprint density at radius 3 is 2.67 bits per heavy atom. The lowest BCUT2D eigenvalue weighted by Crippen LogP contribution is -2.39. The highest BCUT2D eigenvalue weighted by atomic mass is 16.1. The van der Waals surface area contributed by atoms with Crippen molar-refractivity contribution in [1.82, 2.24) is 10.2 Å². The Kier molecular flexibility index (Phi) is 5.40. The van der Waals surface area contributed by atoms with Crippen LogP contribution in [0.2, 0.25) is 0 Å². The third-order valence-corrected chi connectivity index (χ3v) is 3.09. The number of nitrogens with one attached hydrogen (secondary N) is 1. The van der Waals surface area contributed by atoms with Crippen LogP contribution in [0.4, 0.5) is 0 Å². The van der Waals surface area contributed by atoms with Crippen molar-refractivity contribution < 1.29 is 4.79 Å². The first-order chi connectivity index (χ1) is 7.29. The Bertz CT molecular complexity index is 210. The van der Waals surface area contributed by atoms with Gasteiger partial charge >= 0.3 is 0 Å². The molecule has 1 N–H and O–H groups in total. The summed E-state index contributed by atoms with van der Waals surface area (Å²) in [5.41, 5.74) is 1.15. The SMILES string of the molecule is C=C(C(CCC=O)NC)N1CCCCC1. The van der Waals surface area contributed by atoms with Gasteiger partial charge in [-0.25, -0.2) is 0 Å². The molecule has 15 heavy (non-hydrogen) atoms. The number of piperidine rings is 1. The van der Waals surface area contributed by atoms with Gasteiger partial charge in [-0.15, -0.1) is 0 Å². The first-order valence-electron chi connectivity index (χ1n) is 5.84. The van der Waals surface area contributed by atoms with Crippen LogP contribution >= 0.6 is 0 Å². The summed E-state index contributed by atoms with van der Waals surface area (Å²) in [7, 11) is 1.94. The standard InChI is InChI=1S/C12H22N2O/c1-11(12(13-2)7-6-10-15)14-8-4-3-5-9-14/h10,12-13H,1,3-9H2,2H3. The van der Waals surface area contributed by atoms with Gasteiger partial charge in [-0.05, 0) is 32.7 Å². The molecular weight excluding hydrogens is 188 g/mol. The Balaban J connectivity index is 2.43. The molecule has 3 nitrogen and oxygen atoms in total. The van der Waals surface area contributed by atoms with E-state index in [1.165, 1.54) is 19.3 Å². The van der Waals surface area contributed by atoms with Crippen LogP contribution in [0.5, 0.6) is 0 Å². The van der Waals surface area contributed by atoms with Crippen molar-refractivity contribution in [2.45, 2.75) is 38.1 Å². The normalized spacial score (nSPS) is 18.6. The summed E-state index contributed by atoms with van der Waals surface area (Å²) in [5, 5.41) is 3.23. The molecule has 0 saturated carbocycles. The zero-order valence-corrected chi connectivity index (χ0v) is 9.67. The van der Waals surface area contributed by atoms with Crippen LogP contribution in [0.25, 0.3) is 0 Å². The van der Waals surface area contributed by atoms with E-state index in [1.807, 2.05) is 7.05 Å². The van der Waals surface area contributed by atoms with Crippen LogP contribution in [0.15, 0.2) is 12.3 Å². The molecule has 0 aromatic heterocycles. The molecule has 0 amide bonds. The van der Waals surface area contributed by atoms with Crippen molar-refractivity contribution in [2.24, 2.45) is 0 Å². The van der Waals surface area contributed by atoms with Gasteiger partial charge in [0.05, 0.1) is 0 Å². The van der Waals surface area contributed by atoms with E-state index in [9.17, 15) is 4.79 Å². The van der Waals surface area contributed by atoms with Crippen LogP contribution in [0, 0.1) is 0 Å². The number of aldehydes is 1. The minimum atomic E-state index is 0.258. The zero-order valence-electron chi connectivity index (χ0n) is 9.67. The molecule has 1 heterocycles. The molecule has 0 aromatic rings. The lowest BCUT2D eigenvalue weighted by molar-refractivity contribution is -0.108. The molecule has 1 unspecified atom stereocenters. The van der Waals surface area contributed by atoms with Gasteiger partial charge < -0.3 is 15.0 Å². The average molecular weight is 210 g/mol. The molecule has 1 saturated heterocycles. The van der Waals surface area contributed by atoms with E-state index in [0.29, 0.717) is 6.42 Å². The summed E-state index contributed by atoms with van der Waals surface area (Å²) in [5.74, 6) is 0. The summed E-state index contributed by atoms with van der Waals surface area (Å²) < 4.78 is 0. The summed E-state index contributed by atoms with van der Waals surface area (Å²) in [6.07, 6.45) is 6.32. The Morgan fingerprint density at radius 2 is 2.13 bits per heavy atom. The smallest absolute Gasteiger partial charge is 0.120 e. The predicted octanol–water partition coefficient (Wildman–Crippen LogP) is 1.55. The minimum Gasteiger partial charge on any atom is -0.374 e. The summed E-state index contributed by atoms with van der Waals surface area (Å²) >= 11 is 0. The van der Waals surface area contributed by atoms with E-state index in [2.05, 4.69) is 16.8 Å². The van der Waals surface area contributed by atoms with Crippen molar-refractivity contribution in [1.29, 1.82) is 0 Å². The average Bonchev–Trinajstić information content (AvgIpc) is 2.31. The second kappa shape index (κ2) is 6.62. The van der Waals surface area contributed by atoms with Crippen molar-refractivity contribution in [3.05, 3.63) is 12.3 Å². The van der Waals surface area contributed by atoms with Crippen LogP contribution in [-0.4, -0.2) is 37.4 Å². The Labute approximate surface area is 92.5 Å². The van der Waals surface area contributed by atoms with Gasteiger partial charge in [-0.2, -0.15) is 0 Å². The number of hydrogen-bond acceptors (Lipinski definition) is 3. The van der Waals surface area contributed by atoms with Gasteiger partial charge in [0.1, 0.15) is 6.29 Å². The third kappa shape index (κ3) is 3.67. The summed E-state index contributed by atoms with van der Waals surface area (Å²) in [4.78, 5) is 12.7. The fourth-order valence-corrected chi connectivity index (χ4v) is 2.11. The summed E-state index contributed by atoms with van der Waals surface area (Å²) in [6.45, 7) is 6.40. The van der Waals surface area contributed by atoms with E-state index >= 15 is 0 Å². The highest BCUT2D eigenvalue weighted by molar-refractivity contribution is 5.49. The Morgan fingerprint density at radius 1 is 1.47 bits per heavy atom. The van der Waals surface area contributed by atoms with Gasteiger partial charge in [0.25, 0.3) is 0 Å². The molecule has 1 rings (SSSR count). The van der Waals surface area contributed by atoms with Crippen LogP contribution in [0.1, 0.15) is 32.1 Å². The number of hydrogen-bond donors (Lipinski definition) is 1. The van der Waals surface area contributed by atoms with E-state index < -0.39 is 0 Å². The predicted molar refractivity (Wildman–Crippen MR) is 62.7 cm³/mol. The van der Waals surface area contributed by atoms with E-state index in [1.54, 1.807) is 0 Å². The molecule has 1 aliphatic heterocycles. The minimum absolute atomic E-state index is 0.258. The monoisotopic (exact) mass is 210 g/mol. The second-order valence-electron chi connectivity index (χ2n) is 4.12. The van der Waals surface area contributed by atoms with Crippen molar-refractivity contribution >= 4 is 6.29 Å². The van der Waals surface area contributed by atoms with Crippen molar-refractivity contribution in [3.63, 3.8) is 0 Å². The topological polar surface area (TPSA) is 32.3 Å². The van der Waals surface area contributed by atoms with Crippen molar-refractivity contribution in [2.75, 3.05) is 20.1 Å². The molecule has 0 radical (unpaired) electrons. The molecule has 3 heteroatoms. The molecule has 1 atom stereocenters. The van der Waals surface area contributed by atoms with Gasteiger partial charge in [-0.3, -0.25) is 0 Å². The first-order valence-corrected chi connectivity index (χ1v) is 5.84. The number of rotatable bonds is 6. The van der Waals surface area contributed by atoms with E-state index in [4.69, 9.17) is 0 Å².